The van der Waals surface area contributed by atoms with Crippen LogP contribution in [0.5, 0.6) is 11.5 Å². The Morgan fingerprint density at radius 2 is 1.90 bits per heavy atom. The number of ether oxygens (including phenoxy) is 2. The van der Waals surface area contributed by atoms with E-state index in [2.05, 4.69) is 9.64 Å². The molecule has 1 fully saturated rings. The highest BCUT2D eigenvalue weighted by atomic mass is 32.2. The first kappa shape index (κ1) is 21.3. The van der Waals surface area contributed by atoms with Crippen LogP contribution in [0.4, 0.5) is 8.78 Å². The highest BCUT2D eigenvalue weighted by molar-refractivity contribution is 7.99. The van der Waals surface area contributed by atoms with Crippen LogP contribution in [0.3, 0.4) is 0 Å². The van der Waals surface area contributed by atoms with Crippen LogP contribution >= 0.6 is 11.8 Å². The van der Waals surface area contributed by atoms with Crippen molar-refractivity contribution >= 4 is 23.6 Å². The summed E-state index contributed by atoms with van der Waals surface area (Å²) < 4.78 is 34.2. The van der Waals surface area contributed by atoms with Gasteiger partial charge in [-0.25, -0.2) is 0 Å². The Labute approximate surface area is 173 Å². The van der Waals surface area contributed by atoms with Crippen molar-refractivity contribution in [2.24, 2.45) is 0 Å². The molecule has 0 N–H and O–H groups in total. The minimum absolute atomic E-state index is 0.0245. The molecule has 3 rings (SSSR count). The number of hydrogen-bond acceptors (Lipinski definition) is 5. The summed E-state index contributed by atoms with van der Waals surface area (Å²) in [4.78, 5) is 14.8. The molecule has 154 valence electrons. The number of benzene rings is 2. The van der Waals surface area contributed by atoms with Gasteiger partial charge in [-0.15, -0.1) is 0 Å². The number of carbonyl (C=O) groups excluding carboxylic acids is 1. The molecule has 0 unspecified atom stereocenters. The van der Waals surface area contributed by atoms with E-state index in [9.17, 15) is 13.6 Å². The van der Waals surface area contributed by atoms with Crippen molar-refractivity contribution in [1.82, 2.24) is 4.90 Å². The second-order valence-electron chi connectivity index (χ2n) is 6.56. The Morgan fingerprint density at radius 1 is 1.17 bits per heavy atom. The molecule has 0 radical (unpaired) electrons. The van der Waals surface area contributed by atoms with Gasteiger partial charge in [-0.3, -0.25) is 9.69 Å². The molecular weight excluding hydrogens is 396 g/mol. The van der Waals surface area contributed by atoms with Crippen LogP contribution in [0.2, 0.25) is 0 Å². The summed E-state index contributed by atoms with van der Waals surface area (Å²) in [6.45, 7) is 0.0321. The van der Waals surface area contributed by atoms with Gasteiger partial charge in [0, 0.05) is 42.3 Å². The molecule has 0 aromatic heterocycles. The quantitative estimate of drug-likeness (QED) is 0.456. The molecule has 0 spiro atoms. The van der Waals surface area contributed by atoms with Gasteiger partial charge in [-0.2, -0.15) is 20.5 Å². The molecule has 0 saturated carbocycles. The maximum Gasteiger partial charge on any atom is 0.387 e. The van der Waals surface area contributed by atoms with Crippen molar-refractivity contribution in [3.63, 3.8) is 0 Å². The zero-order valence-corrected chi connectivity index (χ0v) is 17.0. The van der Waals surface area contributed by atoms with Gasteiger partial charge in [0.05, 0.1) is 7.11 Å². The minimum atomic E-state index is -2.88. The normalized spacial score (nSPS) is 15.0. The average Bonchev–Trinajstić information content (AvgIpc) is 2.73. The standard InChI is InChI=1S/C22H23F2NO3S/c1-27-21-9-3-16(14-18(21)15-25-10-12-29-13-11-25)2-8-20(26)17-4-6-19(7-5-17)28-22(23)24/h2-9,14,22H,10-13,15H2,1H3/b8-2+. The summed E-state index contributed by atoms with van der Waals surface area (Å²) >= 11 is 1.97. The molecule has 0 bridgehead atoms. The van der Waals surface area contributed by atoms with Crippen LogP contribution in [0.25, 0.3) is 6.08 Å². The first-order valence-electron chi connectivity index (χ1n) is 9.29. The van der Waals surface area contributed by atoms with Crippen molar-refractivity contribution in [3.8, 4) is 11.5 Å². The van der Waals surface area contributed by atoms with E-state index in [4.69, 9.17) is 4.74 Å². The number of allylic oxidation sites excluding steroid dienone is 1. The molecule has 1 saturated heterocycles. The molecule has 1 aliphatic rings. The lowest BCUT2D eigenvalue weighted by Crippen LogP contribution is -2.32. The van der Waals surface area contributed by atoms with Crippen molar-refractivity contribution in [3.05, 3.63) is 65.2 Å². The summed E-state index contributed by atoms with van der Waals surface area (Å²) in [6.07, 6.45) is 3.23. The van der Waals surface area contributed by atoms with Crippen LogP contribution in [0, 0.1) is 0 Å². The first-order chi connectivity index (χ1) is 14.0. The highest BCUT2D eigenvalue weighted by Gasteiger charge is 2.13. The smallest absolute Gasteiger partial charge is 0.387 e. The number of halogens is 2. The number of nitrogens with zero attached hydrogens (tertiary/aromatic N) is 1. The Hall–Kier alpha value is -2.38. The van der Waals surface area contributed by atoms with Gasteiger partial charge >= 0.3 is 6.61 Å². The second-order valence-corrected chi connectivity index (χ2v) is 7.79. The maximum atomic E-state index is 12.4. The van der Waals surface area contributed by atoms with Crippen molar-refractivity contribution in [2.75, 3.05) is 31.7 Å². The topological polar surface area (TPSA) is 38.8 Å². The number of rotatable bonds is 8. The van der Waals surface area contributed by atoms with E-state index >= 15 is 0 Å². The third-order valence-corrected chi connectivity index (χ3v) is 5.54. The Morgan fingerprint density at radius 3 is 2.55 bits per heavy atom. The average molecular weight is 419 g/mol. The molecule has 0 aliphatic carbocycles. The van der Waals surface area contributed by atoms with E-state index in [-0.39, 0.29) is 11.5 Å². The number of thioether (sulfide) groups is 1. The van der Waals surface area contributed by atoms with Crippen molar-refractivity contribution < 1.29 is 23.0 Å². The monoisotopic (exact) mass is 419 g/mol. The Balaban J connectivity index is 1.68. The lowest BCUT2D eigenvalue weighted by atomic mass is 10.1. The fraction of sp³-hybridized carbons (Fsp3) is 0.318. The van der Waals surface area contributed by atoms with Gasteiger partial charge < -0.3 is 9.47 Å². The fourth-order valence-electron chi connectivity index (χ4n) is 3.09. The largest absolute Gasteiger partial charge is 0.496 e. The van der Waals surface area contributed by atoms with Gasteiger partial charge in [0.2, 0.25) is 0 Å². The highest BCUT2D eigenvalue weighted by Crippen LogP contribution is 2.24. The van der Waals surface area contributed by atoms with Gasteiger partial charge in [-0.1, -0.05) is 12.1 Å². The van der Waals surface area contributed by atoms with E-state index in [1.807, 2.05) is 30.0 Å². The van der Waals surface area contributed by atoms with E-state index < -0.39 is 6.61 Å². The minimum Gasteiger partial charge on any atom is -0.496 e. The summed E-state index contributed by atoms with van der Waals surface area (Å²) in [5, 5.41) is 0. The molecule has 4 nitrogen and oxygen atoms in total. The summed E-state index contributed by atoms with van der Waals surface area (Å²) in [5.74, 6) is 2.92. The van der Waals surface area contributed by atoms with Crippen LogP contribution in [-0.4, -0.2) is 49.0 Å². The van der Waals surface area contributed by atoms with E-state index in [0.717, 1.165) is 48.0 Å². The zero-order valence-electron chi connectivity index (χ0n) is 16.1. The Kier molecular flexibility index (Phi) is 7.66. The molecule has 0 atom stereocenters. The van der Waals surface area contributed by atoms with Crippen molar-refractivity contribution in [2.45, 2.75) is 13.2 Å². The number of methoxy groups -OCH3 is 1. The molecule has 2 aromatic rings. The molecule has 0 amide bonds. The van der Waals surface area contributed by atoms with Crippen LogP contribution < -0.4 is 9.47 Å². The predicted molar refractivity (Wildman–Crippen MR) is 112 cm³/mol. The van der Waals surface area contributed by atoms with Gasteiger partial charge in [0.25, 0.3) is 0 Å². The van der Waals surface area contributed by atoms with E-state index in [1.165, 1.54) is 30.3 Å². The first-order valence-corrected chi connectivity index (χ1v) is 10.4. The van der Waals surface area contributed by atoms with Crippen LogP contribution in [-0.2, 0) is 6.54 Å². The van der Waals surface area contributed by atoms with Gasteiger partial charge in [0.15, 0.2) is 5.78 Å². The molecule has 1 heterocycles. The number of carbonyl (C=O) groups is 1. The molecule has 29 heavy (non-hydrogen) atoms. The maximum absolute atomic E-state index is 12.4. The van der Waals surface area contributed by atoms with Crippen LogP contribution in [0.1, 0.15) is 21.5 Å². The number of alkyl halides is 2. The van der Waals surface area contributed by atoms with Crippen LogP contribution in [0.15, 0.2) is 48.5 Å². The molecule has 1 aliphatic heterocycles. The van der Waals surface area contributed by atoms with E-state index in [1.54, 1.807) is 13.2 Å². The van der Waals surface area contributed by atoms with E-state index in [0.29, 0.717) is 5.56 Å². The third-order valence-electron chi connectivity index (χ3n) is 4.59. The molecule has 2 aromatic carbocycles. The molecule has 7 heteroatoms. The van der Waals surface area contributed by atoms with Gasteiger partial charge in [0.1, 0.15) is 11.5 Å². The van der Waals surface area contributed by atoms with Gasteiger partial charge in [-0.05, 0) is 48.0 Å². The number of ketones is 1. The predicted octanol–water partition coefficient (Wildman–Crippen LogP) is 4.74. The molecular formula is C22H23F2NO3S. The lowest BCUT2D eigenvalue weighted by Gasteiger charge is -2.26. The SMILES string of the molecule is COc1ccc(/C=C/C(=O)c2ccc(OC(F)F)cc2)cc1CN1CCSCC1. The summed E-state index contributed by atoms with van der Waals surface area (Å²) in [6, 6.07) is 11.5. The second kappa shape index (κ2) is 10.4. The summed E-state index contributed by atoms with van der Waals surface area (Å²) in [5.41, 5.74) is 2.39. The summed E-state index contributed by atoms with van der Waals surface area (Å²) in [7, 11) is 1.66. The third kappa shape index (κ3) is 6.30. The Bertz CT molecular complexity index is 850. The zero-order chi connectivity index (χ0) is 20.6. The number of hydrogen-bond donors (Lipinski definition) is 0. The lowest BCUT2D eigenvalue weighted by molar-refractivity contribution is -0.0498. The fourth-order valence-corrected chi connectivity index (χ4v) is 4.07. The van der Waals surface area contributed by atoms with Crippen molar-refractivity contribution in [1.29, 1.82) is 0 Å².